The summed E-state index contributed by atoms with van der Waals surface area (Å²) in [7, 11) is -0.465. The molecule has 0 spiro atoms. The Hall–Kier alpha value is -1.54. The topological polar surface area (TPSA) is 65.8 Å². The van der Waals surface area contributed by atoms with Gasteiger partial charge in [0.1, 0.15) is 5.60 Å². The molecule has 2 saturated heterocycles. The lowest BCUT2D eigenvalue weighted by molar-refractivity contribution is 0.00106. The van der Waals surface area contributed by atoms with E-state index in [2.05, 4.69) is 4.98 Å². The Labute approximate surface area is 149 Å². The Balaban J connectivity index is 1.59. The Morgan fingerprint density at radius 3 is 2.32 bits per heavy atom. The maximum atomic E-state index is 12.0. The first-order chi connectivity index (χ1) is 11.4. The van der Waals surface area contributed by atoms with Gasteiger partial charge in [-0.2, -0.15) is 0 Å². The second-order valence-corrected chi connectivity index (χ2v) is 8.87. The lowest BCUT2D eigenvalue weighted by Crippen LogP contribution is -2.52. The molecule has 0 atom stereocenters. The summed E-state index contributed by atoms with van der Waals surface area (Å²) in [4.78, 5) is 18.2. The van der Waals surface area contributed by atoms with Crippen molar-refractivity contribution in [2.75, 3.05) is 13.1 Å². The number of amides is 1. The molecule has 2 aliphatic rings. The summed E-state index contributed by atoms with van der Waals surface area (Å²) in [6.45, 7) is 14.9. The molecule has 0 N–H and O–H groups in total. The Morgan fingerprint density at radius 1 is 1.24 bits per heavy atom. The van der Waals surface area contributed by atoms with E-state index in [1.807, 2.05) is 59.2 Å². The van der Waals surface area contributed by atoms with Gasteiger partial charge in [-0.05, 0) is 48.5 Å². The summed E-state index contributed by atoms with van der Waals surface area (Å²) >= 11 is 0. The minimum Gasteiger partial charge on any atom is -0.444 e. The van der Waals surface area contributed by atoms with Crippen molar-refractivity contribution in [1.82, 2.24) is 14.5 Å². The normalized spacial score (nSPS) is 22.8. The monoisotopic (exact) mass is 349 g/mol. The SMILES string of the molecule is CC(C)(C)OC(=O)N1CC(n2cnc(B3OC(C)(C)C(C)(C)O3)c2)C1. The summed E-state index contributed by atoms with van der Waals surface area (Å²) in [6.07, 6.45) is 3.45. The van der Waals surface area contributed by atoms with Gasteiger partial charge in [0.25, 0.3) is 0 Å². The average molecular weight is 349 g/mol. The van der Waals surface area contributed by atoms with Crippen molar-refractivity contribution < 1.29 is 18.8 Å². The van der Waals surface area contributed by atoms with Crippen molar-refractivity contribution in [2.24, 2.45) is 0 Å². The predicted molar refractivity (Wildman–Crippen MR) is 94.8 cm³/mol. The van der Waals surface area contributed by atoms with Gasteiger partial charge in [0, 0.05) is 19.3 Å². The number of hydrogen-bond donors (Lipinski definition) is 0. The van der Waals surface area contributed by atoms with Gasteiger partial charge in [0.15, 0.2) is 0 Å². The van der Waals surface area contributed by atoms with Crippen molar-refractivity contribution in [3.8, 4) is 0 Å². The molecule has 0 unspecified atom stereocenters. The summed E-state index contributed by atoms with van der Waals surface area (Å²) in [5.74, 6) is 0. The highest BCUT2D eigenvalue weighted by Gasteiger charge is 2.52. The number of nitrogens with zero attached hydrogens (tertiary/aromatic N) is 3. The second-order valence-electron chi connectivity index (χ2n) is 8.87. The fourth-order valence-corrected chi connectivity index (χ4v) is 2.76. The molecule has 7 nitrogen and oxygen atoms in total. The quantitative estimate of drug-likeness (QED) is 0.764. The number of imidazole rings is 1. The van der Waals surface area contributed by atoms with Crippen LogP contribution >= 0.6 is 0 Å². The van der Waals surface area contributed by atoms with Crippen molar-refractivity contribution >= 4 is 18.8 Å². The first-order valence-electron chi connectivity index (χ1n) is 8.75. The fourth-order valence-electron chi connectivity index (χ4n) is 2.76. The molecular formula is C17H28BN3O4. The highest BCUT2D eigenvalue weighted by molar-refractivity contribution is 6.61. The molecular weight excluding hydrogens is 321 g/mol. The van der Waals surface area contributed by atoms with Gasteiger partial charge >= 0.3 is 13.2 Å². The number of aromatic nitrogens is 2. The third kappa shape index (κ3) is 3.55. The summed E-state index contributed by atoms with van der Waals surface area (Å²) in [5.41, 5.74) is -0.479. The van der Waals surface area contributed by atoms with Crippen LogP contribution in [0, 0.1) is 0 Å². The number of carbonyl (C=O) groups is 1. The number of ether oxygens (including phenoxy) is 1. The first-order valence-corrected chi connectivity index (χ1v) is 8.75. The van der Waals surface area contributed by atoms with Gasteiger partial charge in [-0.1, -0.05) is 0 Å². The highest BCUT2D eigenvalue weighted by Crippen LogP contribution is 2.36. The zero-order valence-electron chi connectivity index (χ0n) is 16.2. The predicted octanol–water partition coefficient (Wildman–Crippen LogP) is 1.97. The standard InChI is InChI=1S/C17H28BN3O4/c1-15(2,3)23-14(22)20-8-12(9-20)21-10-13(19-11-21)18-24-16(4,5)17(6,7)25-18/h10-12H,8-9H2,1-7H3. The van der Waals surface area contributed by atoms with Crippen LogP contribution in [0.15, 0.2) is 12.5 Å². The van der Waals surface area contributed by atoms with E-state index < -0.39 is 12.7 Å². The van der Waals surface area contributed by atoms with Crippen molar-refractivity contribution in [2.45, 2.75) is 71.3 Å². The molecule has 3 heterocycles. The molecule has 0 saturated carbocycles. The maximum absolute atomic E-state index is 12.0. The minimum atomic E-state index is -0.471. The summed E-state index contributed by atoms with van der Waals surface area (Å²) in [5, 5.41) is 0. The molecule has 0 radical (unpaired) electrons. The van der Waals surface area contributed by atoms with Crippen molar-refractivity contribution in [3.05, 3.63) is 12.5 Å². The summed E-state index contributed by atoms with van der Waals surface area (Å²) in [6, 6.07) is 0.205. The molecule has 2 aliphatic heterocycles. The number of likely N-dealkylation sites (tertiary alicyclic amines) is 1. The van der Waals surface area contributed by atoms with Crippen LogP contribution in [0.2, 0.25) is 0 Å². The van der Waals surface area contributed by atoms with Crippen LogP contribution in [0.4, 0.5) is 4.79 Å². The molecule has 138 valence electrons. The third-order valence-electron chi connectivity index (χ3n) is 5.05. The maximum Gasteiger partial charge on any atom is 0.516 e. The van der Waals surface area contributed by atoms with E-state index in [1.54, 1.807) is 11.2 Å². The molecule has 8 heteroatoms. The molecule has 1 aromatic heterocycles. The second kappa shape index (κ2) is 5.74. The van der Waals surface area contributed by atoms with Crippen molar-refractivity contribution in [1.29, 1.82) is 0 Å². The fraction of sp³-hybridized carbons (Fsp3) is 0.765. The molecule has 1 aromatic rings. The number of hydrogen-bond acceptors (Lipinski definition) is 5. The summed E-state index contributed by atoms with van der Waals surface area (Å²) < 4.78 is 19.4. The highest BCUT2D eigenvalue weighted by atomic mass is 16.7. The van der Waals surface area contributed by atoms with Crippen molar-refractivity contribution in [3.63, 3.8) is 0 Å². The van der Waals surface area contributed by atoms with E-state index in [1.165, 1.54) is 0 Å². The van der Waals surface area contributed by atoms with E-state index in [4.69, 9.17) is 14.0 Å². The van der Waals surface area contributed by atoms with Crippen LogP contribution in [0.3, 0.4) is 0 Å². The molecule has 0 aromatic carbocycles. The zero-order valence-corrected chi connectivity index (χ0v) is 16.2. The van der Waals surface area contributed by atoms with Crippen LogP contribution < -0.4 is 5.59 Å². The van der Waals surface area contributed by atoms with Gasteiger partial charge in [0.2, 0.25) is 0 Å². The van der Waals surface area contributed by atoms with Crippen LogP contribution in [0.5, 0.6) is 0 Å². The molecule has 2 fully saturated rings. The molecule has 25 heavy (non-hydrogen) atoms. The van der Waals surface area contributed by atoms with E-state index in [-0.39, 0.29) is 23.3 Å². The van der Waals surface area contributed by atoms with Gasteiger partial charge in [-0.3, -0.25) is 0 Å². The number of rotatable bonds is 2. The van der Waals surface area contributed by atoms with E-state index in [0.717, 1.165) is 5.59 Å². The molecule has 3 rings (SSSR count). The Morgan fingerprint density at radius 2 is 1.80 bits per heavy atom. The van der Waals surface area contributed by atoms with E-state index in [0.29, 0.717) is 13.1 Å². The van der Waals surface area contributed by atoms with Crippen LogP contribution in [-0.4, -0.2) is 57.6 Å². The molecule has 1 amide bonds. The first kappa shape index (κ1) is 18.3. The smallest absolute Gasteiger partial charge is 0.444 e. The molecule has 0 bridgehead atoms. The van der Waals surface area contributed by atoms with Crippen LogP contribution in [-0.2, 0) is 14.0 Å². The van der Waals surface area contributed by atoms with Gasteiger partial charge in [-0.25, -0.2) is 9.78 Å². The van der Waals surface area contributed by atoms with E-state index in [9.17, 15) is 4.79 Å². The van der Waals surface area contributed by atoms with Gasteiger partial charge in [-0.15, -0.1) is 0 Å². The van der Waals surface area contributed by atoms with E-state index >= 15 is 0 Å². The van der Waals surface area contributed by atoms with Gasteiger partial charge in [0.05, 0.1) is 29.2 Å². The average Bonchev–Trinajstić information content (AvgIpc) is 2.89. The lowest BCUT2D eigenvalue weighted by Gasteiger charge is -2.40. The van der Waals surface area contributed by atoms with Crippen LogP contribution in [0.25, 0.3) is 0 Å². The Kier molecular flexibility index (Phi) is 4.19. The lowest BCUT2D eigenvalue weighted by atomic mass is 9.86. The van der Waals surface area contributed by atoms with Crippen LogP contribution in [0.1, 0.15) is 54.5 Å². The third-order valence-corrected chi connectivity index (χ3v) is 5.05. The zero-order chi connectivity index (χ0) is 18.6. The Bertz CT molecular complexity index is 643. The number of carbonyl (C=O) groups excluding carboxylic acids is 1. The molecule has 0 aliphatic carbocycles. The van der Waals surface area contributed by atoms with Gasteiger partial charge < -0.3 is 23.5 Å². The largest absolute Gasteiger partial charge is 0.516 e. The minimum absolute atomic E-state index is 0.205.